The van der Waals surface area contributed by atoms with Gasteiger partial charge in [-0.1, -0.05) is 23.9 Å². The smallest absolute Gasteiger partial charge is 0.400 e. The third-order valence-corrected chi connectivity index (χ3v) is 5.86. The zero-order chi connectivity index (χ0) is 21.3. The summed E-state index contributed by atoms with van der Waals surface area (Å²) >= 11 is 1.06. The second-order valence-electron chi connectivity index (χ2n) is 7.66. The third-order valence-electron chi connectivity index (χ3n) is 4.98. The first-order chi connectivity index (χ1) is 12.8. The zero-order valence-electron chi connectivity index (χ0n) is 16.5. The van der Waals surface area contributed by atoms with Crippen molar-refractivity contribution in [2.24, 2.45) is 0 Å². The summed E-state index contributed by atoms with van der Waals surface area (Å²) in [5.74, 6) is 0.262. The SMILES string of the molecule is CC(=O)SCC(=Cc1ccc(C(F)(F)F)cc1CO)B1OC(C)(C)C(C)(C)O1. The molecule has 0 bridgehead atoms. The van der Waals surface area contributed by atoms with Gasteiger partial charge in [0.1, 0.15) is 0 Å². The molecule has 0 aliphatic carbocycles. The first-order valence-corrected chi connectivity index (χ1v) is 9.76. The van der Waals surface area contributed by atoms with Crippen molar-refractivity contribution in [3.8, 4) is 0 Å². The number of halogens is 3. The number of carbonyl (C=O) groups is 1. The maximum atomic E-state index is 12.9. The molecule has 1 fully saturated rings. The lowest BCUT2D eigenvalue weighted by Crippen LogP contribution is -2.41. The van der Waals surface area contributed by atoms with Crippen LogP contribution in [0.4, 0.5) is 13.2 Å². The average Bonchev–Trinajstić information content (AvgIpc) is 2.78. The van der Waals surface area contributed by atoms with Crippen LogP contribution in [0, 0.1) is 0 Å². The van der Waals surface area contributed by atoms with Crippen molar-refractivity contribution in [3.05, 3.63) is 40.4 Å². The number of rotatable bonds is 5. The minimum Gasteiger partial charge on any atom is -0.400 e. The molecule has 0 aromatic heterocycles. The average molecular weight is 416 g/mol. The van der Waals surface area contributed by atoms with Crippen LogP contribution in [0.5, 0.6) is 0 Å². The molecule has 28 heavy (non-hydrogen) atoms. The topological polar surface area (TPSA) is 55.8 Å². The Balaban J connectivity index is 2.44. The highest BCUT2D eigenvalue weighted by molar-refractivity contribution is 8.13. The van der Waals surface area contributed by atoms with E-state index < -0.39 is 36.7 Å². The number of thioether (sulfide) groups is 1. The van der Waals surface area contributed by atoms with Gasteiger partial charge in [0.2, 0.25) is 0 Å². The normalized spacial score (nSPS) is 19.2. The van der Waals surface area contributed by atoms with Crippen molar-refractivity contribution < 1.29 is 32.4 Å². The van der Waals surface area contributed by atoms with Gasteiger partial charge in [-0.3, -0.25) is 4.79 Å². The van der Waals surface area contributed by atoms with Gasteiger partial charge < -0.3 is 14.4 Å². The van der Waals surface area contributed by atoms with E-state index in [-0.39, 0.29) is 16.4 Å². The molecule has 0 unspecified atom stereocenters. The first-order valence-electron chi connectivity index (χ1n) is 8.77. The van der Waals surface area contributed by atoms with Crippen LogP contribution in [0.15, 0.2) is 23.7 Å². The molecule has 0 atom stereocenters. The minimum absolute atomic E-state index is 0.0998. The van der Waals surface area contributed by atoms with Gasteiger partial charge in [0.25, 0.3) is 0 Å². The summed E-state index contributed by atoms with van der Waals surface area (Å²) in [6.45, 7) is 8.44. The minimum atomic E-state index is -4.49. The van der Waals surface area contributed by atoms with Gasteiger partial charge in [0.15, 0.2) is 5.12 Å². The molecule has 154 valence electrons. The second kappa shape index (κ2) is 8.22. The van der Waals surface area contributed by atoms with E-state index in [1.54, 1.807) is 6.08 Å². The van der Waals surface area contributed by atoms with Gasteiger partial charge in [-0.05, 0) is 56.4 Å². The number of alkyl halides is 3. The molecule has 1 aromatic carbocycles. The van der Waals surface area contributed by atoms with Crippen LogP contribution in [-0.4, -0.2) is 34.3 Å². The molecular weight excluding hydrogens is 392 g/mol. The highest BCUT2D eigenvalue weighted by Crippen LogP contribution is 2.40. The fourth-order valence-electron chi connectivity index (χ4n) is 2.62. The van der Waals surface area contributed by atoms with E-state index in [0.29, 0.717) is 11.0 Å². The van der Waals surface area contributed by atoms with Gasteiger partial charge in [-0.15, -0.1) is 0 Å². The monoisotopic (exact) mass is 416 g/mol. The summed E-state index contributed by atoms with van der Waals surface area (Å²) in [5.41, 5.74) is -0.867. The number of carbonyl (C=O) groups excluding carboxylic acids is 1. The zero-order valence-corrected chi connectivity index (χ0v) is 17.3. The lowest BCUT2D eigenvalue weighted by atomic mass is 9.78. The number of hydrogen-bond donors (Lipinski definition) is 1. The molecule has 0 spiro atoms. The van der Waals surface area contributed by atoms with E-state index in [9.17, 15) is 23.1 Å². The van der Waals surface area contributed by atoms with Crippen molar-refractivity contribution in [3.63, 3.8) is 0 Å². The number of aliphatic hydroxyl groups is 1. The van der Waals surface area contributed by atoms with Crippen molar-refractivity contribution in [2.45, 2.75) is 58.6 Å². The Labute approximate surface area is 167 Å². The molecule has 1 heterocycles. The standard InChI is InChI=1S/C19H24BF3O4S/c1-12(25)28-11-16(20-26-17(2,3)18(4,5)27-20)9-13-6-7-15(19(21,22)23)8-14(13)10-24/h6-9,24H,10-11H2,1-5H3. The molecular formula is C19H24BF3O4S. The van der Waals surface area contributed by atoms with Crippen LogP contribution in [0.25, 0.3) is 6.08 Å². The molecule has 0 saturated carbocycles. The number of hydrogen-bond acceptors (Lipinski definition) is 5. The largest absolute Gasteiger partial charge is 0.491 e. The van der Waals surface area contributed by atoms with Crippen molar-refractivity contribution in [2.75, 3.05) is 5.75 Å². The Morgan fingerprint density at radius 1 is 1.21 bits per heavy atom. The van der Waals surface area contributed by atoms with Gasteiger partial charge in [0.05, 0.1) is 23.4 Å². The maximum absolute atomic E-state index is 12.9. The molecule has 1 aliphatic rings. The van der Waals surface area contributed by atoms with E-state index in [4.69, 9.17) is 9.31 Å². The lowest BCUT2D eigenvalue weighted by Gasteiger charge is -2.32. The van der Waals surface area contributed by atoms with Crippen LogP contribution in [0.2, 0.25) is 0 Å². The van der Waals surface area contributed by atoms with Crippen molar-refractivity contribution in [1.29, 1.82) is 0 Å². The van der Waals surface area contributed by atoms with E-state index in [1.807, 2.05) is 27.7 Å². The summed E-state index contributed by atoms with van der Waals surface area (Å²) in [6.07, 6.45) is -2.87. The second-order valence-corrected chi connectivity index (χ2v) is 8.81. The van der Waals surface area contributed by atoms with Crippen molar-refractivity contribution >= 4 is 30.1 Å². The summed E-state index contributed by atoms with van der Waals surface area (Å²) in [6, 6.07) is 3.19. The van der Waals surface area contributed by atoms with Gasteiger partial charge in [-0.25, -0.2) is 0 Å². The molecule has 0 radical (unpaired) electrons. The molecule has 2 rings (SSSR count). The van der Waals surface area contributed by atoms with E-state index >= 15 is 0 Å². The Morgan fingerprint density at radius 2 is 1.79 bits per heavy atom. The quantitative estimate of drug-likeness (QED) is 0.717. The Hall–Kier alpha value is -1.29. The first kappa shape index (κ1) is 23.0. The van der Waals surface area contributed by atoms with E-state index in [2.05, 4.69) is 0 Å². The third kappa shape index (κ3) is 5.20. The van der Waals surface area contributed by atoms with Crippen LogP contribution < -0.4 is 0 Å². The maximum Gasteiger partial charge on any atom is 0.491 e. The summed E-state index contributed by atoms with van der Waals surface area (Å²) in [4.78, 5) is 11.4. The van der Waals surface area contributed by atoms with Gasteiger partial charge >= 0.3 is 13.3 Å². The van der Waals surface area contributed by atoms with Crippen LogP contribution >= 0.6 is 11.8 Å². The molecule has 9 heteroatoms. The van der Waals surface area contributed by atoms with E-state index in [0.717, 1.165) is 23.9 Å². The molecule has 1 aromatic rings. The molecule has 0 amide bonds. The fourth-order valence-corrected chi connectivity index (χ4v) is 3.21. The summed E-state index contributed by atoms with van der Waals surface area (Å²) in [7, 11) is -0.745. The Bertz CT molecular complexity index is 759. The Morgan fingerprint density at radius 3 is 2.25 bits per heavy atom. The fraction of sp³-hybridized carbons (Fsp3) is 0.526. The predicted molar refractivity (Wildman–Crippen MR) is 105 cm³/mol. The molecule has 1 aliphatic heterocycles. The summed E-state index contributed by atoms with van der Waals surface area (Å²) < 4.78 is 50.9. The summed E-state index contributed by atoms with van der Waals surface area (Å²) in [5, 5.41) is 9.45. The van der Waals surface area contributed by atoms with Gasteiger partial charge in [-0.2, -0.15) is 13.2 Å². The van der Waals surface area contributed by atoms with Gasteiger partial charge in [0, 0.05) is 12.7 Å². The predicted octanol–water partition coefficient (Wildman–Crippen LogP) is 4.49. The number of aliphatic hydroxyl groups excluding tert-OH is 1. The lowest BCUT2D eigenvalue weighted by molar-refractivity contribution is -0.137. The molecule has 1 N–H and O–H groups in total. The van der Waals surface area contributed by atoms with E-state index in [1.165, 1.54) is 13.0 Å². The molecule has 4 nitrogen and oxygen atoms in total. The van der Waals surface area contributed by atoms with Crippen LogP contribution in [0.1, 0.15) is 51.3 Å². The number of benzene rings is 1. The highest BCUT2D eigenvalue weighted by atomic mass is 32.2. The molecule has 1 saturated heterocycles. The van der Waals surface area contributed by atoms with Crippen LogP contribution in [0.3, 0.4) is 0 Å². The highest BCUT2D eigenvalue weighted by Gasteiger charge is 2.52. The Kier molecular flexibility index (Phi) is 6.75. The van der Waals surface area contributed by atoms with Crippen LogP contribution in [-0.2, 0) is 26.9 Å². The van der Waals surface area contributed by atoms with Crippen molar-refractivity contribution in [1.82, 2.24) is 0 Å².